The lowest BCUT2D eigenvalue weighted by Gasteiger charge is -1.98. The molecule has 1 aromatic rings. The third kappa shape index (κ3) is 1.07. The van der Waals surface area contributed by atoms with Crippen molar-refractivity contribution in [3.8, 4) is 0 Å². The highest BCUT2D eigenvalue weighted by Crippen LogP contribution is 2.20. The first-order valence-corrected chi connectivity index (χ1v) is 3.34. The molecular weight excluding hydrogens is 148 g/mol. The molecule has 0 spiro atoms. The molecule has 0 radical (unpaired) electrons. The second kappa shape index (κ2) is 2.46. The number of aromatic nitrogens is 2. The van der Waals surface area contributed by atoms with E-state index in [9.17, 15) is 0 Å². The number of hydrogen-bond acceptors (Lipinski definition) is 1. The Bertz CT molecular complexity index is 243. The van der Waals surface area contributed by atoms with Crippen molar-refractivity contribution in [2.45, 2.75) is 6.92 Å². The summed E-state index contributed by atoms with van der Waals surface area (Å²) in [5, 5.41) is 4.62. The van der Waals surface area contributed by atoms with Crippen molar-refractivity contribution in [3.05, 3.63) is 23.5 Å². The minimum absolute atomic E-state index is 0.662. The third-order valence-electron chi connectivity index (χ3n) is 1.30. The summed E-state index contributed by atoms with van der Waals surface area (Å²) in [5.41, 5.74) is 1.84. The molecule has 0 saturated heterocycles. The van der Waals surface area contributed by atoms with Gasteiger partial charge in [0.15, 0.2) is 0 Å². The van der Waals surface area contributed by atoms with Crippen molar-refractivity contribution in [1.82, 2.24) is 9.78 Å². The van der Waals surface area contributed by atoms with Crippen molar-refractivity contribution < 1.29 is 0 Å². The van der Waals surface area contributed by atoms with E-state index in [4.69, 9.17) is 11.6 Å². The van der Waals surface area contributed by atoms with Gasteiger partial charge in [-0.1, -0.05) is 18.2 Å². The fraction of sp³-hybridized carbons (Fsp3) is 0.286. The van der Waals surface area contributed by atoms with Gasteiger partial charge in [0.25, 0.3) is 0 Å². The summed E-state index contributed by atoms with van der Waals surface area (Å²) in [6, 6.07) is 0. The molecule has 0 unspecified atom stereocenters. The molecule has 0 aliphatic rings. The van der Waals surface area contributed by atoms with Crippen LogP contribution in [-0.4, -0.2) is 9.78 Å². The van der Waals surface area contributed by atoms with Gasteiger partial charge in [-0.25, -0.2) is 0 Å². The molecule has 0 bridgehead atoms. The van der Waals surface area contributed by atoms with Crippen molar-refractivity contribution in [1.29, 1.82) is 0 Å². The van der Waals surface area contributed by atoms with Crippen molar-refractivity contribution >= 4 is 17.2 Å². The largest absolute Gasteiger partial charge is 0.267 e. The van der Waals surface area contributed by atoms with E-state index < -0.39 is 0 Å². The molecule has 1 heterocycles. The molecular formula is C7H9ClN2. The lowest BCUT2D eigenvalue weighted by molar-refractivity contribution is 0.756. The van der Waals surface area contributed by atoms with E-state index in [0.29, 0.717) is 5.02 Å². The summed E-state index contributed by atoms with van der Waals surface area (Å²) >= 11 is 5.80. The standard InChI is InChI=1S/C7H9ClN2/c1-5(2)7-6(8)4-9-10(7)3/h4H,1H2,2-3H3. The summed E-state index contributed by atoms with van der Waals surface area (Å²) in [6.45, 7) is 5.68. The van der Waals surface area contributed by atoms with Crippen molar-refractivity contribution in [2.24, 2.45) is 7.05 Å². The molecule has 0 aromatic carbocycles. The number of hydrogen-bond donors (Lipinski definition) is 0. The maximum atomic E-state index is 5.80. The molecule has 0 N–H and O–H groups in total. The zero-order chi connectivity index (χ0) is 7.72. The van der Waals surface area contributed by atoms with Crippen LogP contribution < -0.4 is 0 Å². The fourth-order valence-electron chi connectivity index (χ4n) is 0.891. The number of nitrogens with zero attached hydrogens (tertiary/aromatic N) is 2. The average Bonchev–Trinajstić information content (AvgIpc) is 2.11. The lowest BCUT2D eigenvalue weighted by Crippen LogP contribution is -1.94. The summed E-state index contributed by atoms with van der Waals surface area (Å²) in [5.74, 6) is 0. The van der Waals surface area contributed by atoms with Crippen LogP contribution in [-0.2, 0) is 7.05 Å². The van der Waals surface area contributed by atoms with E-state index in [1.165, 1.54) is 0 Å². The predicted molar refractivity (Wildman–Crippen MR) is 42.9 cm³/mol. The Morgan fingerprint density at radius 1 is 1.80 bits per heavy atom. The van der Waals surface area contributed by atoms with Gasteiger partial charge in [0.2, 0.25) is 0 Å². The van der Waals surface area contributed by atoms with Gasteiger partial charge in [0.05, 0.1) is 16.9 Å². The molecule has 10 heavy (non-hydrogen) atoms. The Balaban J connectivity index is 3.23. The minimum atomic E-state index is 0.662. The summed E-state index contributed by atoms with van der Waals surface area (Å²) < 4.78 is 1.71. The second-order valence-electron chi connectivity index (χ2n) is 2.25. The predicted octanol–water partition coefficient (Wildman–Crippen LogP) is 2.11. The number of halogens is 1. The first-order valence-electron chi connectivity index (χ1n) is 2.96. The molecule has 2 nitrogen and oxygen atoms in total. The number of rotatable bonds is 1. The van der Waals surface area contributed by atoms with Gasteiger partial charge in [0.1, 0.15) is 0 Å². The van der Waals surface area contributed by atoms with Gasteiger partial charge < -0.3 is 0 Å². The van der Waals surface area contributed by atoms with Crippen LogP contribution in [0.5, 0.6) is 0 Å². The van der Waals surface area contributed by atoms with E-state index in [0.717, 1.165) is 11.3 Å². The van der Waals surface area contributed by atoms with E-state index in [2.05, 4.69) is 11.7 Å². The summed E-state index contributed by atoms with van der Waals surface area (Å²) in [6.07, 6.45) is 1.62. The summed E-state index contributed by atoms with van der Waals surface area (Å²) in [4.78, 5) is 0. The quantitative estimate of drug-likeness (QED) is 0.609. The first-order chi connectivity index (χ1) is 4.63. The molecule has 0 aliphatic carbocycles. The summed E-state index contributed by atoms with van der Waals surface area (Å²) in [7, 11) is 1.84. The Kier molecular flexibility index (Phi) is 1.81. The minimum Gasteiger partial charge on any atom is -0.267 e. The van der Waals surface area contributed by atoms with E-state index in [1.54, 1.807) is 10.9 Å². The van der Waals surface area contributed by atoms with Gasteiger partial charge in [-0.15, -0.1) is 0 Å². The first kappa shape index (κ1) is 7.35. The zero-order valence-corrected chi connectivity index (χ0v) is 6.81. The van der Waals surface area contributed by atoms with E-state index >= 15 is 0 Å². The Labute approximate surface area is 65.1 Å². The SMILES string of the molecule is C=C(C)c1c(Cl)cnn1C. The van der Waals surface area contributed by atoms with Crippen LogP contribution in [0.15, 0.2) is 12.8 Å². The van der Waals surface area contributed by atoms with Gasteiger partial charge in [0, 0.05) is 7.05 Å². The maximum Gasteiger partial charge on any atom is 0.0861 e. The highest BCUT2D eigenvalue weighted by Gasteiger charge is 2.04. The van der Waals surface area contributed by atoms with Crippen LogP contribution in [0.25, 0.3) is 5.57 Å². The van der Waals surface area contributed by atoms with Crippen LogP contribution in [0.1, 0.15) is 12.6 Å². The van der Waals surface area contributed by atoms with E-state index in [1.807, 2.05) is 14.0 Å². The molecule has 0 saturated carbocycles. The maximum absolute atomic E-state index is 5.80. The number of aryl methyl sites for hydroxylation is 1. The Morgan fingerprint density at radius 3 is 2.60 bits per heavy atom. The highest BCUT2D eigenvalue weighted by atomic mass is 35.5. The zero-order valence-electron chi connectivity index (χ0n) is 6.06. The molecule has 0 fully saturated rings. The van der Waals surface area contributed by atoms with Crippen molar-refractivity contribution in [3.63, 3.8) is 0 Å². The van der Waals surface area contributed by atoms with Crippen LogP contribution in [0.3, 0.4) is 0 Å². The molecule has 1 aromatic heterocycles. The normalized spacial score (nSPS) is 9.90. The third-order valence-corrected chi connectivity index (χ3v) is 1.57. The van der Waals surface area contributed by atoms with Crippen LogP contribution in [0, 0.1) is 0 Å². The van der Waals surface area contributed by atoms with Gasteiger partial charge in [-0.05, 0) is 12.5 Å². The molecule has 54 valence electrons. The van der Waals surface area contributed by atoms with Crippen LogP contribution in [0.4, 0.5) is 0 Å². The lowest BCUT2D eigenvalue weighted by atomic mass is 10.2. The highest BCUT2D eigenvalue weighted by molar-refractivity contribution is 6.32. The number of allylic oxidation sites excluding steroid dienone is 1. The van der Waals surface area contributed by atoms with Crippen LogP contribution in [0.2, 0.25) is 5.02 Å². The molecule has 3 heteroatoms. The topological polar surface area (TPSA) is 17.8 Å². The molecule has 1 rings (SSSR count). The van der Waals surface area contributed by atoms with E-state index in [-0.39, 0.29) is 0 Å². The average molecular weight is 157 g/mol. The Hall–Kier alpha value is -0.760. The molecule has 0 amide bonds. The fourth-order valence-corrected chi connectivity index (χ4v) is 1.22. The van der Waals surface area contributed by atoms with Gasteiger partial charge in [-0.2, -0.15) is 5.10 Å². The van der Waals surface area contributed by atoms with Gasteiger partial charge in [-0.3, -0.25) is 4.68 Å². The van der Waals surface area contributed by atoms with Gasteiger partial charge >= 0.3 is 0 Å². The monoisotopic (exact) mass is 156 g/mol. The molecule has 0 aliphatic heterocycles. The smallest absolute Gasteiger partial charge is 0.0861 e. The molecule has 0 atom stereocenters. The second-order valence-corrected chi connectivity index (χ2v) is 2.65. The Morgan fingerprint density at radius 2 is 2.40 bits per heavy atom. The van der Waals surface area contributed by atoms with Crippen molar-refractivity contribution in [2.75, 3.05) is 0 Å². The van der Waals surface area contributed by atoms with Crippen LogP contribution >= 0.6 is 11.6 Å².